The molecule has 4 N–H and O–H groups in total. The maximum atomic E-state index is 7.51. The second-order valence-corrected chi connectivity index (χ2v) is 5.34. The van der Waals surface area contributed by atoms with Gasteiger partial charge in [-0.2, -0.15) is 10.1 Å². The van der Waals surface area contributed by atoms with E-state index in [0.29, 0.717) is 23.4 Å². The number of aryl methyl sites for hydroxylation is 1. The van der Waals surface area contributed by atoms with Crippen LogP contribution in [0.5, 0.6) is 0 Å². The lowest BCUT2D eigenvalue weighted by Crippen LogP contribution is -2.35. The van der Waals surface area contributed by atoms with Crippen molar-refractivity contribution >= 4 is 23.7 Å². The highest BCUT2D eigenvalue weighted by Gasteiger charge is 2.15. The van der Waals surface area contributed by atoms with E-state index in [4.69, 9.17) is 5.41 Å². The average molecular weight is 300 g/mol. The lowest BCUT2D eigenvalue weighted by molar-refractivity contribution is 0.478. The summed E-state index contributed by atoms with van der Waals surface area (Å²) in [6, 6.07) is 0.376. The molecule has 22 heavy (non-hydrogen) atoms. The smallest absolute Gasteiger partial charge is 0.229 e. The van der Waals surface area contributed by atoms with Gasteiger partial charge in [-0.25, -0.2) is 4.98 Å². The molecule has 0 amide bonds. The lowest BCUT2D eigenvalue weighted by Gasteiger charge is -2.24. The molecule has 8 nitrogen and oxygen atoms in total. The Hall–Kier alpha value is -2.48. The fraction of sp³-hybridized carbons (Fsp3) is 0.429. The van der Waals surface area contributed by atoms with Crippen molar-refractivity contribution in [3.63, 3.8) is 0 Å². The van der Waals surface area contributed by atoms with Gasteiger partial charge in [0.25, 0.3) is 0 Å². The Morgan fingerprint density at radius 1 is 1.36 bits per heavy atom. The van der Waals surface area contributed by atoms with Crippen LogP contribution in [-0.2, 0) is 7.05 Å². The first-order valence-corrected chi connectivity index (χ1v) is 7.35. The summed E-state index contributed by atoms with van der Waals surface area (Å²) in [4.78, 5) is 8.75. The van der Waals surface area contributed by atoms with Gasteiger partial charge in [0, 0.05) is 31.7 Å². The zero-order valence-corrected chi connectivity index (χ0v) is 12.5. The van der Waals surface area contributed by atoms with Crippen molar-refractivity contribution in [2.24, 2.45) is 7.05 Å². The molecule has 2 aromatic heterocycles. The summed E-state index contributed by atoms with van der Waals surface area (Å²) in [5.41, 5.74) is 1.52. The minimum Gasteiger partial charge on any atom is -0.367 e. The summed E-state index contributed by atoms with van der Waals surface area (Å²) < 4.78 is 1.71. The van der Waals surface area contributed by atoms with Crippen molar-refractivity contribution in [1.29, 1.82) is 5.41 Å². The first kappa shape index (κ1) is 14.5. The number of piperidine rings is 1. The van der Waals surface area contributed by atoms with E-state index in [-0.39, 0.29) is 0 Å². The van der Waals surface area contributed by atoms with Gasteiger partial charge in [-0.3, -0.25) is 4.68 Å². The molecule has 1 aliphatic heterocycles. The quantitative estimate of drug-likeness (QED) is 0.617. The molecule has 2 aromatic rings. The van der Waals surface area contributed by atoms with E-state index < -0.39 is 0 Å². The summed E-state index contributed by atoms with van der Waals surface area (Å²) >= 11 is 0. The second-order valence-electron chi connectivity index (χ2n) is 5.34. The zero-order valence-electron chi connectivity index (χ0n) is 12.5. The topological polar surface area (TPSA) is 104 Å². The SMILES string of the molecule is Cn1cc(Nc2ncc(C=N)c(NC3CCNCC3)n2)cn1. The maximum Gasteiger partial charge on any atom is 0.229 e. The Morgan fingerprint density at radius 3 is 2.86 bits per heavy atom. The fourth-order valence-corrected chi connectivity index (χ4v) is 2.45. The number of anilines is 3. The molecule has 3 rings (SSSR count). The van der Waals surface area contributed by atoms with Crippen molar-refractivity contribution in [2.45, 2.75) is 18.9 Å². The Balaban J connectivity index is 1.77. The lowest BCUT2D eigenvalue weighted by atomic mass is 10.1. The van der Waals surface area contributed by atoms with Crippen LogP contribution in [-0.4, -0.2) is 45.1 Å². The molecule has 116 valence electrons. The zero-order chi connectivity index (χ0) is 15.4. The predicted octanol–water partition coefficient (Wildman–Crippen LogP) is 1.12. The van der Waals surface area contributed by atoms with Crippen molar-refractivity contribution < 1.29 is 0 Å². The summed E-state index contributed by atoms with van der Waals surface area (Å²) in [6.45, 7) is 2.01. The van der Waals surface area contributed by atoms with Crippen LogP contribution in [0.15, 0.2) is 18.6 Å². The van der Waals surface area contributed by atoms with Gasteiger partial charge in [0.05, 0.1) is 17.4 Å². The van der Waals surface area contributed by atoms with Crippen LogP contribution >= 0.6 is 0 Å². The van der Waals surface area contributed by atoms with Crippen LogP contribution in [0.2, 0.25) is 0 Å². The third-order valence-corrected chi connectivity index (χ3v) is 3.61. The summed E-state index contributed by atoms with van der Waals surface area (Å²) in [5.74, 6) is 1.19. The molecular weight excluding hydrogens is 280 g/mol. The number of hydrogen-bond donors (Lipinski definition) is 4. The standard InChI is InChI=1S/C14H20N8/c1-22-9-12(8-18-22)20-14-17-7-10(6-15)13(21-14)19-11-2-4-16-5-3-11/h6-9,11,15-16H,2-5H2,1H3,(H2,17,19,20,21). The molecule has 8 heteroatoms. The van der Waals surface area contributed by atoms with Crippen LogP contribution in [0.4, 0.5) is 17.5 Å². The average Bonchev–Trinajstić information content (AvgIpc) is 2.94. The van der Waals surface area contributed by atoms with Gasteiger partial charge in [0.1, 0.15) is 5.82 Å². The first-order chi connectivity index (χ1) is 10.7. The molecule has 0 bridgehead atoms. The van der Waals surface area contributed by atoms with Crippen LogP contribution < -0.4 is 16.0 Å². The van der Waals surface area contributed by atoms with Gasteiger partial charge in [-0.15, -0.1) is 0 Å². The molecule has 0 radical (unpaired) electrons. The Labute approximate surface area is 128 Å². The molecule has 0 unspecified atom stereocenters. The minimum absolute atomic E-state index is 0.376. The molecule has 1 aliphatic rings. The molecule has 1 fully saturated rings. The molecule has 0 atom stereocenters. The normalized spacial score (nSPS) is 15.5. The molecule has 0 saturated carbocycles. The molecule has 0 spiro atoms. The van der Waals surface area contributed by atoms with E-state index in [1.807, 2.05) is 13.2 Å². The van der Waals surface area contributed by atoms with E-state index in [2.05, 4.69) is 31.0 Å². The Kier molecular flexibility index (Phi) is 4.29. The van der Waals surface area contributed by atoms with Gasteiger partial charge in [0.2, 0.25) is 5.95 Å². The third kappa shape index (κ3) is 3.40. The van der Waals surface area contributed by atoms with E-state index in [9.17, 15) is 0 Å². The van der Waals surface area contributed by atoms with Crippen molar-refractivity contribution in [2.75, 3.05) is 23.7 Å². The van der Waals surface area contributed by atoms with Crippen molar-refractivity contribution in [1.82, 2.24) is 25.1 Å². The molecule has 0 aliphatic carbocycles. The molecule has 1 saturated heterocycles. The van der Waals surface area contributed by atoms with Gasteiger partial charge in [-0.05, 0) is 25.9 Å². The number of hydrogen-bond acceptors (Lipinski definition) is 7. The van der Waals surface area contributed by atoms with Crippen molar-refractivity contribution in [3.8, 4) is 0 Å². The molecule has 3 heterocycles. The largest absolute Gasteiger partial charge is 0.367 e. The monoisotopic (exact) mass is 300 g/mol. The fourth-order valence-electron chi connectivity index (χ4n) is 2.45. The van der Waals surface area contributed by atoms with Crippen LogP contribution in [0, 0.1) is 5.41 Å². The highest BCUT2D eigenvalue weighted by atomic mass is 15.3. The van der Waals surface area contributed by atoms with E-state index in [1.54, 1.807) is 17.1 Å². The molecular formula is C14H20N8. The van der Waals surface area contributed by atoms with Gasteiger partial charge in [0.15, 0.2) is 0 Å². The minimum atomic E-state index is 0.376. The van der Waals surface area contributed by atoms with E-state index in [1.165, 1.54) is 6.21 Å². The number of nitrogens with one attached hydrogen (secondary N) is 4. The number of rotatable bonds is 5. The number of nitrogens with zero attached hydrogens (tertiary/aromatic N) is 4. The summed E-state index contributed by atoms with van der Waals surface area (Å²) in [6.07, 6.45) is 8.60. The van der Waals surface area contributed by atoms with Crippen LogP contribution in [0.25, 0.3) is 0 Å². The van der Waals surface area contributed by atoms with Gasteiger partial charge in [-0.1, -0.05) is 0 Å². The van der Waals surface area contributed by atoms with E-state index in [0.717, 1.165) is 31.6 Å². The second kappa shape index (κ2) is 6.52. The summed E-state index contributed by atoms with van der Waals surface area (Å²) in [7, 11) is 1.86. The Bertz CT molecular complexity index is 644. The van der Waals surface area contributed by atoms with E-state index >= 15 is 0 Å². The maximum absolute atomic E-state index is 7.51. The van der Waals surface area contributed by atoms with Crippen molar-refractivity contribution in [3.05, 3.63) is 24.2 Å². The van der Waals surface area contributed by atoms with Crippen LogP contribution in [0.1, 0.15) is 18.4 Å². The first-order valence-electron chi connectivity index (χ1n) is 7.35. The number of aromatic nitrogens is 4. The third-order valence-electron chi connectivity index (χ3n) is 3.61. The highest BCUT2D eigenvalue weighted by molar-refractivity contribution is 5.84. The van der Waals surface area contributed by atoms with Gasteiger partial charge >= 0.3 is 0 Å². The predicted molar refractivity (Wildman–Crippen MR) is 85.9 cm³/mol. The van der Waals surface area contributed by atoms with Gasteiger partial charge < -0.3 is 21.4 Å². The highest BCUT2D eigenvalue weighted by Crippen LogP contribution is 2.18. The summed E-state index contributed by atoms with van der Waals surface area (Å²) in [5, 5.41) is 21.5. The molecule has 0 aromatic carbocycles. The Morgan fingerprint density at radius 2 is 2.18 bits per heavy atom. The van der Waals surface area contributed by atoms with Crippen LogP contribution in [0.3, 0.4) is 0 Å².